The Balaban J connectivity index is 0.000000184. The first-order chi connectivity index (χ1) is 36.2. The van der Waals surface area contributed by atoms with Crippen molar-refractivity contribution >= 4 is 52.4 Å². The van der Waals surface area contributed by atoms with E-state index in [1.807, 2.05) is 0 Å². The Morgan fingerprint density at radius 2 is 0.632 bits per heavy atom. The maximum Gasteiger partial charge on any atom is 3.00 e. The number of hydrogen-bond acceptors (Lipinski definition) is 6. The first-order valence-corrected chi connectivity index (χ1v) is 21.4. The van der Waals surface area contributed by atoms with E-state index in [2.05, 4.69) is 63.6 Å². The Bertz CT molecular complexity index is 3100. The van der Waals surface area contributed by atoms with Crippen LogP contribution in [0.15, 0.2) is 124 Å². The number of rotatable bonds is 12. The second kappa shape index (κ2) is 25.1. The normalized spacial score (nSPS) is 14.5. The molecule has 0 amide bonds. The summed E-state index contributed by atoms with van der Waals surface area (Å²) in [5.74, 6) is -12.5. The number of hydrogen-bond donors (Lipinski definition) is 3. The molecule has 383 valence electrons. The van der Waals surface area contributed by atoms with Gasteiger partial charge < -0.3 is 30.9 Å². The van der Waals surface area contributed by atoms with E-state index in [0.29, 0.717) is 0 Å². The summed E-state index contributed by atoms with van der Waals surface area (Å²) >= 11 is 0. The van der Waals surface area contributed by atoms with Crippen LogP contribution in [-0.4, -0.2) is 38.3 Å². The number of aromatic nitrogens is 3. The van der Waals surface area contributed by atoms with Crippen molar-refractivity contribution in [3.8, 4) is 37.0 Å². The predicted octanol–water partition coefficient (Wildman–Crippen LogP) is 10.9. The largest absolute Gasteiger partial charge is 3.00 e. The van der Waals surface area contributed by atoms with Crippen LogP contribution in [0.5, 0.6) is 0 Å². The summed E-state index contributed by atoms with van der Waals surface area (Å²) in [4.78, 5) is 23.8. The molecule has 0 spiro atoms. The van der Waals surface area contributed by atoms with Gasteiger partial charge in [0.05, 0.1) is 53.4 Å². The van der Waals surface area contributed by atoms with Crippen molar-refractivity contribution in [3.05, 3.63) is 212 Å². The summed E-state index contributed by atoms with van der Waals surface area (Å²) in [5, 5.41) is 6.42. The quantitative estimate of drug-likeness (QED) is 0.0487. The summed E-state index contributed by atoms with van der Waals surface area (Å²) in [6.45, 7) is -0.883. The molecule has 0 saturated carbocycles. The maximum atomic E-state index is 14.6. The molecule has 6 aromatic rings. The fourth-order valence-corrected chi connectivity index (χ4v) is 7.29. The molecule has 9 nitrogen and oxygen atoms in total. The molecule has 0 unspecified atom stereocenters. The second-order valence-corrected chi connectivity index (χ2v) is 15.0. The van der Waals surface area contributed by atoms with Crippen molar-refractivity contribution in [2.75, 3.05) is 35.6 Å². The molecule has 0 saturated heterocycles. The van der Waals surface area contributed by atoms with Gasteiger partial charge in [-0.2, -0.15) is 18.6 Å². The fourth-order valence-electron chi connectivity index (χ4n) is 7.29. The zero-order chi connectivity index (χ0) is 53.9. The van der Waals surface area contributed by atoms with Crippen LogP contribution in [0, 0.1) is 107 Å². The molecule has 0 fully saturated rings. The minimum Gasteiger partial charge on any atom is -0.664 e. The molecule has 3 aliphatic heterocycles. The topological polar surface area (TPSA) is 115 Å². The summed E-state index contributed by atoms with van der Waals surface area (Å²) < 4.78 is 174. The van der Waals surface area contributed by atoms with Gasteiger partial charge in [-0.05, 0) is 53.2 Å². The predicted molar refractivity (Wildman–Crippen MR) is 261 cm³/mol. The Labute approximate surface area is 435 Å². The maximum absolute atomic E-state index is 14.6. The van der Waals surface area contributed by atoms with Crippen LogP contribution >= 0.6 is 0 Å². The van der Waals surface area contributed by atoms with Gasteiger partial charge in [-0.1, -0.05) is 54.2 Å². The molecular formula is C54H30F12FeN9. The number of terminal acetylenes is 3. The Hall–Kier alpha value is -9.29. The summed E-state index contributed by atoms with van der Waals surface area (Å²) in [7, 11) is 0. The van der Waals surface area contributed by atoms with Gasteiger partial charge in [0.15, 0.2) is 69.8 Å². The third kappa shape index (κ3) is 11.3. The van der Waals surface area contributed by atoms with Gasteiger partial charge in [0.25, 0.3) is 0 Å². The van der Waals surface area contributed by atoms with E-state index in [0.717, 1.165) is 0 Å². The molecule has 0 atom stereocenters. The molecule has 3 N–H and O–H groups in total. The molecule has 3 aliphatic rings. The Morgan fingerprint density at radius 1 is 0.395 bits per heavy atom. The van der Waals surface area contributed by atoms with Crippen molar-refractivity contribution in [3.63, 3.8) is 0 Å². The van der Waals surface area contributed by atoms with Gasteiger partial charge in [-0.3, -0.25) is 15.0 Å². The van der Waals surface area contributed by atoms with Crippen molar-refractivity contribution in [2.45, 2.75) is 0 Å². The third-order valence-electron chi connectivity index (χ3n) is 10.5. The van der Waals surface area contributed by atoms with Crippen LogP contribution in [0.2, 0.25) is 0 Å². The standard InChI is InChI=1S/3C18H10F4N3.Fe/c3*1-2-7-25-18-16(21)14(19)13(15(20)17(18)22)12(10-5-3-8-23-10)11-6-4-9-24-11;/h3*1,3-6,8-9,25H,7H2;/q3*-1;+3/b3*12-10+;. The number of nitrogens with one attached hydrogen (secondary N) is 3. The molecule has 3 aromatic heterocycles. The number of halogens is 12. The molecule has 76 heavy (non-hydrogen) atoms. The number of anilines is 3. The molecule has 22 heteroatoms. The van der Waals surface area contributed by atoms with Gasteiger partial charge in [-0.25, -0.2) is 52.7 Å². The van der Waals surface area contributed by atoms with Crippen LogP contribution in [0.3, 0.4) is 0 Å². The van der Waals surface area contributed by atoms with Crippen LogP contribution in [-0.2, 0) is 17.1 Å². The molecule has 0 aliphatic carbocycles. The first-order valence-electron chi connectivity index (χ1n) is 21.4. The average Bonchev–Trinajstić information content (AvgIpc) is 4.27. The van der Waals surface area contributed by atoms with Crippen molar-refractivity contribution in [2.24, 2.45) is 15.0 Å². The minimum atomic E-state index is -1.57. The summed E-state index contributed by atoms with van der Waals surface area (Å²) in [6.07, 6.45) is 32.3. The van der Waals surface area contributed by atoms with Crippen LogP contribution in [0.1, 0.15) is 33.8 Å². The summed E-state index contributed by atoms with van der Waals surface area (Å²) in [6, 6.07) is 8.98. The molecule has 1 radical (unpaired) electrons. The number of allylic oxidation sites excluding steroid dienone is 6. The number of nitrogens with zero attached hydrogens (tertiary/aromatic N) is 6. The van der Waals surface area contributed by atoms with E-state index < -0.39 is 104 Å². The molecule has 0 bridgehead atoms. The van der Waals surface area contributed by atoms with Crippen molar-refractivity contribution < 1.29 is 69.8 Å². The van der Waals surface area contributed by atoms with Crippen LogP contribution in [0.4, 0.5) is 69.7 Å². The molecule has 9 rings (SSSR count). The minimum absolute atomic E-state index is 0. The van der Waals surface area contributed by atoms with Gasteiger partial charge in [-0.15, -0.1) is 36.4 Å². The average molecular weight is 1090 g/mol. The van der Waals surface area contributed by atoms with Crippen molar-refractivity contribution in [1.82, 2.24) is 15.0 Å². The van der Waals surface area contributed by atoms with E-state index >= 15 is 0 Å². The van der Waals surface area contributed by atoms with Gasteiger partial charge >= 0.3 is 17.1 Å². The first kappa shape index (κ1) is 56.0. The van der Waals surface area contributed by atoms with E-state index in [-0.39, 0.29) is 87.6 Å². The Kier molecular flexibility index (Phi) is 18.5. The molecule has 3 aromatic carbocycles. The summed E-state index contributed by atoms with van der Waals surface area (Å²) in [5.41, 5.74) is -5.11. The van der Waals surface area contributed by atoms with Gasteiger partial charge in [0, 0.05) is 18.6 Å². The smallest absolute Gasteiger partial charge is 0.664 e. The monoisotopic (exact) mass is 1090 g/mol. The molecule has 6 heterocycles. The van der Waals surface area contributed by atoms with Crippen molar-refractivity contribution in [1.29, 1.82) is 0 Å². The van der Waals surface area contributed by atoms with E-state index in [1.165, 1.54) is 110 Å². The van der Waals surface area contributed by atoms with E-state index in [4.69, 9.17) is 19.3 Å². The fraction of sp³-hybridized carbons (Fsp3) is 0.0556. The zero-order valence-electron chi connectivity index (χ0n) is 38.3. The zero-order valence-corrected chi connectivity index (χ0v) is 39.4. The van der Waals surface area contributed by atoms with Gasteiger partial charge in [0.1, 0.15) is 17.1 Å². The molecular weight excluding hydrogens is 1060 g/mol. The Morgan fingerprint density at radius 3 is 0.803 bits per heavy atom. The van der Waals surface area contributed by atoms with E-state index in [1.54, 1.807) is 0 Å². The third-order valence-corrected chi connectivity index (χ3v) is 10.5. The number of benzene rings is 3. The number of aliphatic imine (C=N–C) groups is 3. The van der Waals surface area contributed by atoms with Gasteiger partial charge in [0.2, 0.25) is 0 Å². The second-order valence-electron chi connectivity index (χ2n) is 15.0. The van der Waals surface area contributed by atoms with Crippen LogP contribution in [0.25, 0.3) is 16.7 Å². The van der Waals surface area contributed by atoms with E-state index in [9.17, 15) is 52.7 Å². The SMILES string of the molecule is C#CCNc1c(F)c(F)c(/C(=C2\C=CC=N2)c2ccc[n-]2)c(F)c1F.C#CCNc1c(F)c(F)c(/C(=C2\C=CC=N2)c2ccc[n-]2)c(F)c1F.C#CCNc1c(F)c(F)c(/C(=C2\C=CC=N2)c2ccc[n-]2)c(F)c1F.[Fe+3]. The van der Waals surface area contributed by atoms with Crippen LogP contribution < -0.4 is 30.9 Å².